The Morgan fingerprint density at radius 2 is 2.07 bits per heavy atom. The highest BCUT2D eigenvalue weighted by Crippen LogP contribution is 2.30. The first-order valence-corrected chi connectivity index (χ1v) is 5.90. The van der Waals surface area contributed by atoms with Crippen molar-refractivity contribution in [3.63, 3.8) is 0 Å². The van der Waals surface area contributed by atoms with Gasteiger partial charge in [-0.1, -0.05) is 6.92 Å². The van der Waals surface area contributed by atoms with E-state index in [9.17, 15) is 0 Å². The fraction of sp³-hybridized carbons (Fsp3) is 0.615. The molecule has 2 heteroatoms. The maximum Gasteiger partial charge on any atom is 0.0270 e. The number of rotatable bonds is 2. The molecular weight excluding hydrogens is 184 g/mol. The SMILES string of the molecule is CC1CCC(N)C(Cc2ccncc2)C1. The van der Waals surface area contributed by atoms with E-state index in [2.05, 4.69) is 24.0 Å². The lowest BCUT2D eigenvalue weighted by Gasteiger charge is -2.32. The van der Waals surface area contributed by atoms with Gasteiger partial charge in [-0.15, -0.1) is 0 Å². The predicted octanol–water partition coefficient (Wildman–Crippen LogP) is 2.39. The Morgan fingerprint density at radius 1 is 1.33 bits per heavy atom. The van der Waals surface area contributed by atoms with Crippen LogP contribution in [-0.2, 0) is 6.42 Å². The van der Waals surface area contributed by atoms with Crippen LogP contribution in [0, 0.1) is 11.8 Å². The molecule has 1 aliphatic carbocycles. The molecule has 3 atom stereocenters. The average Bonchev–Trinajstić information content (AvgIpc) is 2.25. The molecule has 0 radical (unpaired) electrons. The molecule has 1 saturated carbocycles. The predicted molar refractivity (Wildman–Crippen MR) is 62.4 cm³/mol. The largest absolute Gasteiger partial charge is 0.327 e. The molecule has 3 unspecified atom stereocenters. The topological polar surface area (TPSA) is 38.9 Å². The second kappa shape index (κ2) is 4.75. The fourth-order valence-corrected chi connectivity index (χ4v) is 2.58. The second-order valence-corrected chi connectivity index (χ2v) is 4.90. The summed E-state index contributed by atoms with van der Waals surface area (Å²) in [6.07, 6.45) is 8.63. The highest BCUT2D eigenvalue weighted by atomic mass is 14.7. The fourth-order valence-electron chi connectivity index (χ4n) is 2.58. The molecule has 0 bridgehead atoms. The van der Waals surface area contributed by atoms with Crippen molar-refractivity contribution in [2.24, 2.45) is 17.6 Å². The smallest absolute Gasteiger partial charge is 0.0270 e. The molecule has 0 saturated heterocycles. The van der Waals surface area contributed by atoms with Gasteiger partial charge in [0.05, 0.1) is 0 Å². The number of aromatic nitrogens is 1. The van der Waals surface area contributed by atoms with Crippen molar-refractivity contribution in [1.29, 1.82) is 0 Å². The third-order valence-electron chi connectivity index (χ3n) is 3.55. The first-order valence-electron chi connectivity index (χ1n) is 5.90. The molecule has 0 spiro atoms. The van der Waals surface area contributed by atoms with Gasteiger partial charge in [0.15, 0.2) is 0 Å². The standard InChI is InChI=1S/C13H20N2/c1-10-2-3-13(14)12(8-10)9-11-4-6-15-7-5-11/h4-7,10,12-13H,2-3,8-9,14H2,1H3. The summed E-state index contributed by atoms with van der Waals surface area (Å²) >= 11 is 0. The minimum absolute atomic E-state index is 0.398. The van der Waals surface area contributed by atoms with Crippen molar-refractivity contribution in [3.8, 4) is 0 Å². The Balaban J connectivity index is 1.98. The van der Waals surface area contributed by atoms with Crippen LogP contribution in [0.5, 0.6) is 0 Å². The normalized spacial score (nSPS) is 31.5. The second-order valence-electron chi connectivity index (χ2n) is 4.90. The van der Waals surface area contributed by atoms with E-state index in [1.54, 1.807) is 0 Å². The maximum absolute atomic E-state index is 6.17. The van der Waals surface area contributed by atoms with Gasteiger partial charge >= 0.3 is 0 Å². The molecule has 2 N–H and O–H groups in total. The minimum atomic E-state index is 0.398. The number of hydrogen-bond donors (Lipinski definition) is 1. The van der Waals surface area contributed by atoms with Gasteiger partial charge in [-0.3, -0.25) is 4.98 Å². The van der Waals surface area contributed by atoms with E-state index in [1.807, 2.05) is 12.4 Å². The van der Waals surface area contributed by atoms with Crippen molar-refractivity contribution in [2.45, 2.75) is 38.6 Å². The Morgan fingerprint density at radius 3 is 2.80 bits per heavy atom. The summed E-state index contributed by atoms with van der Waals surface area (Å²) in [5.41, 5.74) is 7.55. The average molecular weight is 204 g/mol. The molecule has 1 aromatic rings. The van der Waals surface area contributed by atoms with Gasteiger partial charge in [0.25, 0.3) is 0 Å². The van der Waals surface area contributed by atoms with E-state index in [1.165, 1.54) is 24.8 Å². The summed E-state index contributed by atoms with van der Waals surface area (Å²) in [7, 11) is 0. The van der Waals surface area contributed by atoms with Crippen LogP contribution in [0.2, 0.25) is 0 Å². The van der Waals surface area contributed by atoms with Gasteiger partial charge in [-0.25, -0.2) is 0 Å². The Kier molecular flexibility index (Phi) is 3.37. The van der Waals surface area contributed by atoms with Gasteiger partial charge < -0.3 is 5.73 Å². The Bertz CT molecular complexity index is 297. The molecule has 1 aromatic heterocycles. The summed E-state index contributed by atoms with van der Waals surface area (Å²) in [5.74, 6) is 1.51. The molecule has 2 nitrogen and oxygen atoms in total. The lowest BCUT2D eigenvalue weighted by atomic mass is 9.76. The van der Waals surface area contributed by atoms with Crippen molar-refractivity contribution >= 4 is 0 Å². The number of hydrogen-bond acceptors (Lipinski definition) is 2. The summed E-state index contributed by atoms with van der Waals surface area (Å²) in [5, 5.41) is 0. The van der Waals surface area contributed by atoms with Crippen LogP contribution in [0.25, 0.3) is 0 Å². The van der Waals surface area contributed by atoms with Crippen LogP contribution in [0.4, 0.5) is 0 Å². The summed E-state index contributed by atoms with van der Waals surface area (Å²) in [6.45, 7) is 2.34. The third kappa shape index (κ3) is 2.78. The van der Waals surface area contributed by atoms with Crippen LogP contribution in [-0.4, -0.2) is 11.0 Å². The van der Waals surface area contributed by atoms with Gasteiger partial charge in [0, 0.05) is 18.4 Å². The van der Waals surface area contributed by atoms with Crippen molar-refractivity contribution in [2.75, 3.05) is 0 Å². The first-order chi connectivity index (χ1) is 7.25. The van der Waals surface area contributed by atoms with E-state index in [4.69, 9.17) is 5.73 Å². The molecule has 1 fully saturated rings. The van der Waals surface area contributed by atoms with E-state index < -0.39 is 0 Å². The Labute approximate surface area is 91.9 Å². The van der Waals surface area contributed by atoms with Gasteiger partial charge in [-0.2, -0.15) is 0 Å². The molecule has 2 rings (SSSR count). The summed E-state index contributed by atoms with van der Waals surface area (Å²) in [6, 6.07) is 4.60. The lowest BCUT2D eigenvalue weighted by Crippen LogP contribution is -2.36. The monoisotopic (exact) mass is 204 g/mol. The van der Waals surface area contributed by atoms with Crippen molar-refractivity contribution in [3.05, 3.63) is 30.1 Å². The Hall–Kier alpha value is -0.890. The van der Waals surface area contributed by atoms with Crippen molar-refractivity contribution in [1.82, 2.24) is 4.98 Å². The maximum atomic E-state index is 6.17. The number of pyridine rings is 1. The summed E-state index contributed by atoms with van der Waals surface area (Å²) in [4.78, 5) is 4.04. The molecule has 1 aliphatic rings. The molecule has 0 aromatic carbocycles. The van der Waals surface area contributed by atoms with E-state index >= 15 is 0 Å². The molecule has 1 heterocycles. The van der Waals surface area contributed by atoms with Crippen LogP contribution in [0.3, 0.4) is 0 Å². The molecule has 15 heavy (non-hydrogen) atoms. The zero-order valence-electron chi connectivity index (χ0n) is 9.39. The van der Waals surface area contributed by atoms with Gasteiger partial charge in [0.1, 0.15) is 0 Å². The molecule has 82 valence electrons. The molecular formula is C13H20N2. The van der Waals surface area contributed by atoms with Crippen LogP contribution in [0.1, 0.15) is 31.7 Å². The summed E-state index contributed by atoms with van der Waals surface area (Å²) < 4.78 is 0. The van der Waals surface area contributed by atoms with E-state index in [-0.39, 0.29) is 0 Å². The molecule has 0 aliphatic heterocycles. The lowest BCUT2D eigenvalue weighted by molar-refractivity contribution is 0.244. The highest BCUT2D eigenvalue weighted by molar-refractivity contribution is 5.11. The number of nitrogens with zero attached hydrogens (tertiary/aromatic N) is 1. The van der Waals surface area contributed by atoms with Gasteiger partial charge in [-0.05, 0) is 55.2 Å². The zero-order valence-corrected chi connectivity index (χ0v) is 9.39. The van der Waals surface area contributed by atoms with Crippen LogP contribution >= 0.6 is 0 Å². The van der Waals surface area contributed by atoms with E-state index in [0.717, 1.165) is 12.3 Å². The van der Waals surface area contributed by atoms with Crippen LogP contribution < -0.4 is 5.73 Å². The highest BCUT2D eigenvalue weighted by Gasteiger charge is 2.25. The molecule has 0 amide bonds. The minimum Gasteiger partial charge on any atom is -0.327 e. The van der Waals surface area contributed by atoms with E-state index in [0.29, 0.717) is 12.0 Å². The zero-order chi connectivity index (χ0) is 10.7. The van der Waals surface area contributed by atoms with Crippen LogP contribution in [0.15, 0.2) is 24.5 Å². The quantitative estimate of drug-likeness (QED) is 0.803. The third-order valence-corrected chi connectivity index (χ3v) is 3.55. The number of nitrogens with two attached hydrogens (primary N) is 1. The first kappa shape index (κ1) is 10.6. The van der Waals surface area contributed by atoms with Crippen molar-refractivity contribution < 1.29 is 0 Å². The van der Waals surface area contributed by atoms with Gasteiger partial charge in [0.2, 0.25) is 0 Å².